The molecule has 8 nitrogen and oxygen atoms in total. The summed E-state index contributed by atoms with van der Waals surface area (Å²) in [6.45, 7) is 2.59. The fourth-order valence-corrected chi connectivity index (χ4v) is 3.70. The molecule has 0 radical (unpaired) electrons. The molecule has 0 aliphatic carbocycles. The zero-order valence-corrected chi connectivity index (χ0v) is 15.4. The molecule has 2 saturated heterocycles. The summed E-state index contributed by atoms with van der Waals surface area (Å²) in [5.74, 6) is 0.760. The van der Waals surface area contributed by atoms with Gasteiger partial charge < -0.3 is 14.4 Å². The van der Waals surface area contributed by atoms with Crippen LogP contribution in [0.5, 0.6) is 0 Å². The predicted octanol–water partition coefficient (Wildman–Crippen LogP) is 1.87. The van der Waals surface area contributed by atoms with Crippen LogP contribution in [0.15, 0.2) is 30.3 Å². The molecule has 1 aromatic heterocycles. The molecular weight excluding hydrogens is 346 g/mol. The van der Waals surface area contributed by atoms with Crippen molar-refractivity contribution in [2.75, 3.05) is 19.8 Å². The summed E-state index contributed by atoms with van der Waals surface area (Å²) in [5, 5.41) is 12.6. The van der Waals surface area contributed by atoms with E-state index in [9.17, 15) is 4.79 Å². The lowest BCUT2D eigenvalue weighted by Crippen LogP contribution is -2.50. The molecule has 4 rings (SSSR count). The highest BCUT2D eigenvalue weighted by Crippen LogP contribution is 2.25. The number of piperidine rings is 1. The second-order valence-electron chi connectivity index (χ2n) is 6.94. The Morgan fingerprint density at radius 1 is 1.15 bits per heavy atom. The standard InChI is InChI=1S/C19H25N5O3/c25-17(23-11-5-4-9-16(23)19-26-13-14-27-19)10-6-12-24-21-18(20-22-24)15-7-2-1-3-8-15/h1-3,7-8,16,19H,4-6,9-14H2. The molecular formula is C19H25N5O3. The van der Waals surface area contributed by atoms with Gasteiger partial charge in [-0.15, -0.1) is 10.2 Å². The predicted molar refractivity (Wildman–Crippen MR) is 97.5 cm³/mol. The number of hydrogen-bond acceptors (Lipinski definition) is 6. The summed E-state index contributed by atoms with van der Waals surface area (Å²) in [6, 6.07) is 9.80. The highest BCUT2D eigenvalue weighted by molar-refractivity contribution is 5.76. The Kier molecular flexibility index (Phi) is 5.74. The Bertz CT molecular complexity index is 745. The maximum Gasteiger partial charge on any atom is 0.223 e. The number of benzene rings is 1. The second-order valence-corrected chi connectivity index (χ2v) is 6.94. The van der Waals surface area contributed by atoms with Crippen LogP contribution in [-0.2, 0) is 20.8 Å². The maximum atomic E-state index is 12.7. The van der Waals surface area contributed by atoms with Crippen LogP contribution in [0.25, 0.3) is 11.4 Å². The largest absolute Gasteiger partial charge is 0.348 e. The SMILES string of the molecule is O=C(CCCn1nnc(-c2ccccc2)n1)N1CCCCC1C1OCCO1. The first-order valence-electron chi connectivity index (χ1n) is 9.67. The molecule has 1 amide bonds. The van der Waals surface area contributed by atoms with Crippen molar-refractivity contribution in [2.24, 2.45) is 0 Å². The highest BCUT2D eigenvalue weighted by atomic mass is 16.7. The number of hydrogen-bond donors (Lipinski definition) is 0. The van der Waals surface area contributed by atoms with E-state index >= 15 is 0 Å². The molecule has 1 aromatic carbocycles. The third-order valence-corrected chi connectivity index (χ3v) is 5.06. The average Bonchev–Trinajstić information content (AvgIpc) is 3.41. The van der Waals surface area contributed by atoms with E-state index in [-0.39, 0.29) is 18.2 Å². The van der Waals surface area contributed by atoms with Crippen LogP contribution in [0.2, 0.25) is 0 Å². The first-order chi connectivity index (χ1) is 13.3. The first-order valence-corrected chi connectivity index (χ1v) is 9.67. The molecule has 144 valence electrons. The molecule has 2 aliphatic rings. The van der Waals surface area contributed by atoms with Crippen LogP contribution in [-0.4, -0.2) is 63.1 Å². The number of aryl methyl sites for hydroxylation is 1. The van der Waals surface area contributed by atoms with E-state index in [2.05, 4.69) is 15.4 Å². The number of nitrogens with zero attached hydrogens (tertiary/aromatic N) is 5. The van der Waals surface area contributed by atoms with Crippen LogP contribution in [0.1, 0.15) is 32.1 Å². The minimum atomic E-state index is -0.264. The van der Waals surface area contributed by atoms with Gasteiger partial charge in [-0.2, -0.15) is 4.80 Å². The average molecular weight is 371 g/mol. The van der Waals surface area contributed by atoms with Crippen molar-refractivity contribution >= 4 is 5.91 Å². The van der Waals surface area contributed by atoms with Gasteiger partial charge >= 0.3 is 0 Å². The van der Waals surface area contributed by atoms with Gasteiger partial charge in [-0.1, -0.05) is 30.3 Å². The van der Waals surface area contributed by atoms with Crippen molar-refractivity contribution in [3.8, 4) is 11.4 Å². The lowest BCUT2D eigenvalue weighted by molar-refractivity contribution is -0.150. The summed E-state index contributed by atoms with van der Waals surface area (Å²) in [6.07, 6.45) is 3.98. The summed E-state index contributed by atoms with van der Waals surface area (Å²) >= 11 is 0. The molecule has 2 fully saturated rings. The van der Waals surface area contributed by atoms with Gasteiger partial charge in [0.25, 0.3) is 0 Å². The third kappa shape index (κ3) is 4.33. The van der Waals surface area contributed by atoms with E-state index in [0.717, 1.165) is 31.4 Å². The van der Waals surface area contributed by atoms with Crippen LogP contribution < -0.4 is 0 Å². The molecule has 8 heteroatoms. The molecule has 1 unspecified atom stereocenters. The summed E-state index contributed by atoms with van der Waals surface area (Å²) < 4.78 is 11.3. The van der Waals surface area contributed by atoms with Gasteiger partial charge in [0.15, 0.2) is 6.29 Å². The number of ether oxygens (including phenoxy) is 2. The van der Waals surface area contributed by atoms with Crippen molar-refractivity contribution in [2.45, 2.75) is 51.0 Å². The molecule has 3 heterocycles. The Morgan fingerprint density at radius 2 is 1.96 bits per heavy atom. The van der Waals surface area contributed by atoms with Crippen molar-refractivity contribution in [1.82, 2.24) is 25.1 Å². The first kappa shape index (κ1) is 18.1. The minimum Gasteiger partial charge on any atom is -0.348 e. The van der Waals surface area contributed by atoms with Gasteiger partial charge in [0.05, 0.1) is 25.8 Å². The van der Waals surface area contributed by atoms with Gasteiger partial charge in [-0.25, -0.2) is 0 Å². The molecule has 0 N–H and O–H groups in total. The number of amides is 1. The number of likely N-dealkylation sites (tertiary alicyclic amines) is 1. The van der Waals surface area contributed by atoms with Gasteiger partial charge in [0, 0.05) is 18.5 Å². The second kappa shape index (κ2) is 8.58. The number of rotatable bonds is 6. The molecule has 27 heavy (non-hydrogen) atoms. The van der Waals surface area contributed by atoms with Crippen molar-refractivity contribution < 1.29 is 14.3 Å². The van der Waals surface area contributed by atoms with E-state index in [1.807, 2.05) is 35.2 Å². The van der Waals surface area contributed by atoms with Crippen molar-refractivity contribution in [3.63, 3.8) is 0 Å². The third-order valence-electron chi connectivity index (χ3n) is 5.06. The van der Waals surface area contributed by atoms with Crippen molar-refractivity contribution in [1.29, 1.82) is 0 Å². The molecule has 1 atom stereocenters. The quantitative estimate of drug-likeness (QED) is 0.771. The number of carbonyl (C=O) groups excluding carboxylic acids is 1. The molecule has 2 aliphatic heterocycles. The molecule has 2 aromatic rings. The topological polar surface area (TPSA) is 82.4 Å². The Morgan fingerprint density at radius 3 is 2.78 bits per heavy atom. The summed E-state index contributed by atoms with van der Waals surface area (Å²) in [5.41, 5.74) is 0.938. The van der Waals surface area contributed by atoms with Gasteiger partial charge in [0.2, 0.25) is 11.7 Å². The van der Waals surface area contributed by atoms with Gasteiger partial charge in [-0.3, -0.25) is 4.79 Å². The normalized spacial score (nSPS) is 20.9. The maximum absolute atomic E-state index is 12.7. The summed E-state index contributed by atoms with van der Waals surface area (Å²) in [4.78, 5) is 16.2. The number of aromatic nitrogens is 4. The zero-order valence-electron chi connectivity index (χ0n) is 15.4. The lowest BCUT2D eigenvalue weighted by Gasteiger charge is -2.38. The Balaban J connectivity index is 1.29. The Hall–Kier alpha value is -2.32. The van der Waals surface area contributed by atoms with E-state index in [0.29, 0.717) is 38.4 Å². The van der Waals surface area contributed by atoms with Crippen molar-refractivity contribution in [3.05, 3.63) is 30.3 Å². The highest BCUT2D eigenvalue weighted by Gasteiger charge is 2.35. The smallest absolute Gasteiger partial charge is 0.223 e. The van der Waals surface area contributed by atoms with E-state index < -0.39 is 0 Å². The zero-order chi connectivity index (χ0) is 18.5. The van der Waals surface area contributed by atoms with Gasteiger partial charge in [0.1, 0.15) is 0 Å². The van der Waals surface area contributed by atoms with Crippen LogP contribution >= 0.6 is 0 Å². The summed E-state index contributed by atoms with van der Waals surface area (Å²) in [7, 11) is 0. The fourth-order valence-electron chi connectivity index (χ4n) is 3.70. The van der Waals surface area contributed by atoms with E-state index in [1.54, 1.807) is 4.80 Å². The van der Waals surface area contributed by atoms with Crippen LogP contribution in [0, 0.1) is 0 Å². The Labute approximate surface area is 158 Å². The molecule has 0 spiro atoms. The van der Waals surface area contributed by atoms with Crippen LogP contribution in [0.4, 0.5) is 0 Å². The monoisotopic (exact) mass is 371 g/mol. The van der Waals surface area contributed by atoms with E-state index in [1.165, 1.54) is 0 Å². The minimum absolute atomic E-state index is 0.0444. The molecule has 0 bridgehead atoms. The molecule has 0 saturated carbocycles. The number of carbonyl (C=O) groups is 1. The van der Waals surface area contributed by atoms with Crippen LogP contribution in [0.3, 0.4) is 0 Å². The lowest BCUT2D eigenvalue weighted by atomic mass is 10.0. The fraction of sp³-hybridized carbons (Fsp3) is 0.579. The number of tetrazole rings is 1. The van der Waals surface area contributed by atoms with E-state index in [4.69, 9.17) is 9.47 Å². The van der Waals surface area contributed by atoms with Gasteiger partial charge in [-0.05, 0) is 30.9 Å².